The van der Waals surface area contributed by atoms with E-state index < -0.39 is 0 Å². The molecule has 12 heavy (non-hydrogen) atoms. The second kappa shape index (κ2) is 3.08. The van der Waals surface area contributed by atoms with Gasteiger partial charge in [0.2, 0.25) is 0 Å². The fourth-order valence-electron chi connectivity index (χ4n) is 1.54. The predicted octanol–water partition coefficient (Wildman–Crippen LogP) is 2.68. The Hall–Kier alpha value is -0.530. The zero-order valence-electron chi connectivity index (χ0n) is 7.10. The maximum Gasteiger partial charge on any atom is 0.0411 e. The topological polar surface area (TPSA) is 12.0 Å². The maximum atomic E-state index is 5.95. The summed E-state index contributed by atoms with van der Waals surface area (Å²) in [5, 5.41) is 4.20. The average Bonchev–Trinajstić information content (AvgIpc) is 1.79. The Kier molecular flexibility index (Phi) is 2.07. The zero-order chi connectivity index (χ0) is 8.55. The van der Waals surface area contributed by atoms with Crippen LogP contribution in [0, 0.1) is 6.92 Å². The summed E-state index contributed by atoms with van der Waals surface area (Å²) in [7, 11) is 0. The van der Waals surface area contributed by atoms with E-state index in [1.807, 2.05) is 12.1 Å². The van der Waals surface area contributed by atoms with Crippen molar-refractivity contribution >= 4 is 11.6 Å². The molecule has 1 heterocycles. The van der Waals surface area contributed by atoms with Crippen molar-refractivity contribution in [2.45, 2.75) is 19.4 Å². The number of rotatable bonds is 1. The molecule has 1 fully saturated rings. The van der Waals surface area contributed by atoms with Gasteiger partial charge in [0.1, 0.15) is 0 Å². The minimum atomic E-state index is 0.544. The first kappa shape index (κ1) is 8.09. The molecule has 0 aromatic heterocycles. The lowest BCUT2D eigenvalue weighted by Gasteiger charge is -2.28. The Labute approximate surface area is 77.7 Å². The number of halogens is 1. The molecule has 0 bridgehead atoms. The van der Waals surface area contributed by atoms with Crippen LogP contribution < -0.4 is 5.32 Å². The van der Waals surface area contributed by atoms with Crippen LogP contribution in [0.15, 0.2) is 18.2 Å². The standard InChI is InChI=1S/C10H12ClN/c1-7-4-8(6-9(11)5-7)10-2-3-12-10/h4-6,10,12H,2-3H2,1H3/t10-/m0/s1. The largest absolute Gasteiger partial charge is 0.310 e. The molecule has 1 saturated heterocycles. The zero-order valence-corrected chi connectivity index (χ0v) is 7.86. The van der Waals surface area contributed by atoms with Gasteiger partial charge in [-0.05, 0) is 43.1 Å². The fraction of sp³-hybridized carbons (Fsp3) is 0.400. The molecule has 2 rings (SSSR count). The highest BCUT2D eigenvalue weighted by atomic mass is 35.5. The molecule has 2 heteroatoms. The molecule has 1 atom stereocenters. The molecule has 0 radical (unpaired) electrons. The van der Waals surface area contributed by atoms with Crippen molar-refractivity contribution in [3.05, 3.63) is 34.3 Å². The van der Waals surface area contributed by atoms with Crippen LogP contribution in [0.3, 0.4) is 0 Å². The molecular weight excluding hydrogens is 170 g/mol. The second-order valence-electron chi connectivity index (χ2n) is 3.36. The van der Waals surface area contributed by atoms with Gasteiger partial charge in [-0.3, -0.25) is 0 Å². The van der Waals surface area contributed by atoms with E-state index in [9.17, 15) is 0 Å². The number of nitrogens with one attached hydrogen (secondary N) is 1. The molecule has 1 N–H and O–H groups in total. The van der Waals surface area contributed by atoms with Gasteiger partial charge in [0.15, 0.2) is 0 Å². The molecule has 0 aliphatic carbocycles. The molecule has 1 aliphatic rings. The van der Waals surface area contributed by atoms with Gasteiger partial charge in [0.05, 0.1) is 0 Å². The first-order valence-corrected chi connectivity index (χ1v) is 4.64. The van der Waals surface area contributed by atoms with Gasteiger partial charge in [0.25, 0.3) is 0 Å². The highest BCUT2D eigenvalue weighted by Gasteiger charge is 2.18. The molecule has 1 nitrogen and oxygen atoms in total. The van der Waals surface area contributed by atoms with Crippen LogP contribution in [-0.4, -0.2) is 6.54 Å². The Bertz CT molecular complexity index is 272. The number of hydrogen-bond donors (Lipinski definition) is 1. The molecule has 1 aromatic rings. The summed E-state index contributed by atoms with van der Waals surface area (Å²) >= 11 is 5.95. The van der Waals surface area contributed by atoms with Crippen molar-refractivity contribution in [2.24, 2.45) is 0 Å². The fourth-order valence-corrected chi connectivity index (χ4v) is 1.84. The number of aryl methyl sites for hydroxylation is 1. The van der Waals surface area contributed by atoms with Gasteiger partial charge in [-0.1, -0.05) is 17.7 Å². The molecule has 0 spiro atoms. The number of benzene rings is 1. The molecule has 0 saturated carbocycles. The van der Waals surface area contributed by atoms with Crippen molar-refractivity contribution in [1.29, 1.82) is 0 Å². The van der Waals surface area contributed by atoms with Gasteiger partial charge < -0.3 is 5.32 Å². The van der Waals surface area contributed by atoms with Crippen LogP contribution >= 0.6 is 11.6 Å². The van der Waals surface area contributed by atoms with Crippen molar-refractivity contribution < 1.29 is 0 Å². The molecule has 1 aliphatic heterocycles. The van der Waals surface area contributed by atoms with E-state index in [1.165, 1.54) is 17.5 Å². The maximum absolute atomic E-state index is 5.95. The van der Waals surface area contributed by atoms with Gasteiger partial charge in [0, 0.05) is 11.1 Å². The summed E-state index contributed by atoms with van der Waals surface area (Å²) in [6.07, 6.45) is 1.24. The Balaban J connectivity index is 2.30. The summed E-state index contributed by atoms with van der Waals surface area (Å²) in [5.74, 6) is 0. The lowest BCUT2D eigenvalue weighted by Crippen LogP contribution is -2.34. The lowest BCUT2D eigenvalue weighted by molar-refractivity contribution is 0.383. The third-order valence-electron chi connectivity index (χ3n) is 2.29. The van der Waals surface area contributed by atoms with Gasteiger partial charge in [-0.15, -0.1) is 0 Å². The molecular formula is C10H12ClN. The Morgan fingerprint density at radius 1 is 1.42 bits per heavy atom. The molecule has 1 aromatic carbocycles. The first-order chi connectivity index (χ1) is 5.75. The monoisotopic (exact) mass is 181 g/mol. The van der Waals surface area contributed by atoms with Crippen LogP contribution in [0.5, 0.6) is 0 Å². The quantitative estimate of drug-likeness (QED) is 0.703. The number of hydrogen-bond acceptors (Lipinski definition) is 1. The molecule has 64 valence electrons. The minimum Gasteiger partial charge on any atom is -0.310 e. The Morgan fingerprint density at radius 3 is 2.67 bits per heavy atom. The van der Waals surface area contributed by atoms with Gasteiger partial charge >= 0.3 is 0 Å². The van der Waals surface area contributed by atoms with Crippen molar-refractivity contribution in [3.63, 3.8) is 0 Å². The molecule has 0 unspecified atom stereocenters. The van der Waals surface area contributed by atoms with E-state index >= 15 is 0 Å². The summed E-state index contributed by atoms with van der Waals surface area (Å²) in [6, 6.07) is 6.78. The summed E-state index contributed by atoms with van der Waals surface area (Å²) in [5.41, 5.74) is 2.57. The van der Waals surface area contributed by atoms with Crippen LogP contribution in [0.2, 0.25) is 5.02 Å². The van der Waals surface area contributed by atoms with E-state index in [1.54, 1.807) is 0 Å². The lowest BCUT2D eigenvalue weighted by atomic mass is 9.97. The van der Waals surface area contributed by atoms with E-state index in [0.717, 1.165) is 11.6 Å². The normalized spacial score (nSPS) is 22.0. The second-order valence-corrected chi connectivity index (χ2v) is 3.79. The Morgan fingerprint density at radius 2 is 2.17 bits per heavy atom. The third kappa shape index (κ3) is 1.47. The van der Waals surface area contributed by atoms with Crippen LogP contribution in [0.1, 0.15) is 23.6 Å². The third-order valence-corrected chi connectivity index (χ3v) is 2.51. The van der Waals surface area contributed by atoms with E-state index in [2.05, 4.69) is 18.3 Å². The van der Waals surface area contributed by atoms with E-state index in [0.29, 0.717) is 6.04 Å². The SMILES string of the molecule is Cc1cc(Cl)cc([C@@H]2CCN2)c1. The van der Waals surface area contributed by atoms with Crippen molar-refractivity contribution in [3.8, 4) is 0 Å². The minimum absolute atomic E-state index is 0.544. The van der Waals surface area contributed by atoms with Crippen LogP contribution in [0.25, 0.3) is 0 Å². The van der Waals surface area contributed by atoms with E-state index in [4.69, 9.17) is 11.6 Å². The van der Waals surface area contributed by atoms with Crippen LogP contribution in [-0.2, 0) is 0 Å². The summed E-state index contributed by atoms with van der Waals surface area (Å²) < 4.78 is 0. The molecule has 0 amide bonds. The summed E-state index contributed by atoms with van der Waals surface area (Å²) in [6.45, 7) is 3.21. The van der Waals surface area contributed by atoms with Crippen molar-refractivity contribution in [2.75, 3.05) is 6.54 Å². The average molecular weight is 182 g/mol. The highest BCUT2D eigenvalue weighted by molar-refractivity contribution is 6.30. The van der Waals surface area contributed by atoms with E-state index in [-0.39, 0.29) is 0 Å². The predicted molar refractivity (Wildman–Crippen MR) is 51.5 cm³/mol. The first-order valence-electron chi connectivity index (χ1n) is 4.26. The summed E-state index contributed by atoms with van der Waals surface area (Å²) in [4.78, 5) is 0. The van der Waals surface area contributed by atoms with Crippen LogP contribution in [0.4, 0.5) is 0 Å². The van der Waals surface area contributed by atoms with Crippen molar-refractivity contribution in [1.82, 2.24) is 5.32 Å². The van der Waals surface area contributed by atoms with Gasteiger partial charge in [-0.25, -0.2) is 0 Å². The highest BCUT2D eigenvalue weighted by Crippen LogP contribution is 2.26. The van der Waals surface area contributed by atoms with Gasteiger partial charge in [-0.2, -0.15) is 0 Å². The smallest absolute Gasteiger partial charge is 0.0411 e.